The smallest absolute Gasteiger partial charge is 0.265 e. The van der Waals surface area contributed by atoms with E-state index in [9.17, 15) is 14.0 Å². The summed E-state index contributed by atoms with van der Waals surface area (Å²) < 4.78 is 18.9. The van der Waals surface area contributed by atoms with Crippen LogP contribution in [0.4, 0.5) is 10.1 Å². The van der Waals surface area contributed by atoms with Crippen molar-refractivity contribution in [3.63, 3.8) is 0 Å². The zero-order valence-corrected chi connectivity index (χ0v) is 10.8. The SMILES string of the molecule is NC(=O)CCC1Oc2cc(F)c(Br)cc2NC1=O. The van der Waals surface area contributed by atoms with E-state index in [1.807, 2.05) is 0 Å². The number of carbonyl (C=O) groups is 2. The molecule has 1 aromatic rings. The summed E-state index contributed by atoms with van der Waals surface area (Å²) >= 11 is 3.02. The highest BCUT2D eigenvalue weighted by Crippen LogP contribution is 2.34. The lowest BCUT2D eigenvalue weighted by molar-refractivity contribution is -0.124. The van der Waals surface area contributed by atoms with E-state index in [1.165, 1.54) is 12.1 Å². The van der Waals surface area contributed by atoms with E-state index in [0.717, 1.165) is 0 Å². The number of fused-ring (bicyclic) bond motifs is 1. The van der Waals surface area contributed by atoms with Crippen molar-refractivity contribution in [2.75, 3.05) is 5.32 Å². The molecule has 0 radical (unpaired) electrons. The van der Waals surface area contributed by atoms with Crippen molar-refractivity contribution in [2.45, 2.75) is 18.9 Å². The molecule has 0 aromatic heterocycles. The van der Waals surface area contributed by atoms with Crippen LogP contribution in [0.25, 0.3) is 0 Å². The maximum atomic E-state index is 13.3. The molecule has 2 rings (SSSR count). The first-order valence-electron chi connectivity index (χ1n) is 5.22. The molecule has 0 spiro atoms. The predicted octanol–water partition coefficient (Wildman–Crippen LogP) is 1.55. The van der Waals surface area contributed by atoms with Crippen LogP contribution in [-0.2, 0) is 9.59 Å². The molecule has 1 unspecified atom stereocenters. The largest absolute Gasteiger partial charge is 0.478 e. The van der Waals surface area contributed by atoms with E-state index < -0.39 is 17.8 Å². The van der Waals surface area contributed by atoms with Gasteiger partial charge in [-0.15, -0.1) is 0 Å². The number of amides is 2. The second-order valence-electron chi connectivity index (χ2n) is 3.86. The maximum Gasteiger partial charge on any atom is 0.265 e. The van der Waals surface area contributed by atoms with Gasteiger partial charge >= 0.3 is 0 Å². The number of ether oxygens (including phenoxy) is 1. The molecule has 0 aliphatic carbocycles. The van der Waals surface area contributed by atoms with E-state index in [4.69, 9.17) is 10.5 Å². The van der Waals surface area contributed by atoms with E-state index in [-0.39, 0.29) is 29.0 Å². The van der Waals surface area contributed by atoms with Crippen molar-refractivity contribution >= 4 is 33.4 Å². The standard InChI is InChI=1S/C11H10BrFN2O3/c12-5-3-7-9(4-6(5)13)18-8(11(17)15-7)1-2-10(14)16/h3-4,8H,1-2H2,(H2,14,16)(H,15,17). The minimum absolute atomic E-state index is 0.0342. The van der Waals surface area contributed by atoms with Crippen LogP contribution in [0.3, 0.4) is 0 Å². The topological polar surface area (TPSA) is 81.4 Å². The van der Waals surface area contributed by atoms with Crippen LogP contribution in [0, 0.1) is 5.82 Å². The van der Waals surface area contributed by atoms with Gasteiger partial charge < -0.3 is 15.8 Å². The van der Waals surface area contributed by atoms with Crippen LogP contribution in [0.5, 0.6) is 5.75 Å². The fourth-order valence-electron chi connectivity index (χ4n) is 1.61. The monoisotopic (exact) mass is 316 g/mol. The van der Waals surface area contributed by atoms with Gasteiger partial charge in [0.05, 0.1) is 10.2 Å². The predicted molar refractivity (Wildman–Crippen MR) is 65.6 cm³/mol. The van der Waals surface area contributed by atoms with Gasteiger partial charge in [0, 0.05) is 18.9 Å². The molecule has 0 fully saturated rings. The van der Waals surface area contributed by atoms with Crippen molar-refractivity contribution < 1.29 is 18.7 Å². The molecular formula is C11H10BrFN2O3. The second-order valence-corrected chi connectivity index (χ2v) is 4.72. The first kappa shape index (κ1) is 12.8. The number of carbonyl (C=O) groups excluding carboxylic acids is 2. The van der Waals surface area contributed by atoms with Crippen LogP contribution in [0.2, 0.25) is 0 Å². The van der Waals surface area contributed by atoms with Gasteiger partial charge in [-0.2, -0.15) is 0 Å². The van der Waals surface area contributed by atoms with Crippen molar-refractivity contribution in [3.8, 4) is 5.75 Å². The van der Waals surface area contributed by atoms with E-state index >= 15 is 0 Å². The van der Waals surface area contributed by atoms with Crippen molar-refractivity contribution in [1.82, 2.24) is 0 Å². The van der Waals surface area contributed by atoms with Gasteiger partial charge in [-0.1, -0.05) is 0 Å². The van der Waals surface area contributed by atoms with Gasteiger partial charge in [-0.05, 0) is 22.0 Å². The molecule has 1 aromatic carbocycles. The quantitative estimate of drug-likeness (QED) is 0.887. The Bertz CT molecular complexity index is 521. The van der Waals surface area contributed by atoms with Crippen molar-refractivity contribution in [3.05, 3.63) is 22.4 Å². The lowest BCUT2D eigenvalue weighted by Gasteiger charge is -2.25. The number of nitrogens with two attached hydrogens (primary N) is 1. The fraction of sp³-hybridized carbons (Fsp3) is 0.273. The third-order valence-electron chi connectivity index (χ3n) is 2.49. The molecular weight excluding hydrogens is 307 g/mol. The third kappa shape index (κ3) is 2.61. The number of anilines is 1. The lowest BCUT2D eigenvalue weighted by Crippen LogP contribution is -2.37. The highest BCUT2D eigenvalue weighted by molar-refractivity contribution is 9.10. The first-order chi connectivity index (χ1) is 8.47. The molecule has 96 valence electrons. The zero-order chi connectivity index (χ0) is 13.3. The third-order valence-corrected chi connectivity index (χ3v) is 3.10. The molecule has 0 saturated carbocycles. The number of benzene rings is 1. The van der Waals surface area contributed by atoms with Gasteiger partial charge in [0.25, 0.3) is 5.91 Å². The van der Waals surface area contributed by atoms with E-state index in [1.54, 1.807) is 0 Å². The molecule has 2 amide bonds. The van der Waals surface area contributed by atoms with Crippen LogP contribution < -0.4 is 15.8 Å². The first-order valence-corrected chi connectivity index (χ1v) is 6.01. The number of primary amides is 1. The fourth-order valence-corrected chi connectivity index (χ4v) is 1.95. The van der Waals surface area contributed by atoms with Gasteiger partial charge in [0.2, 0.25) is 5.91 Å². The Kier molecular flexibility index (Phi) is 3.51. The molecule has 0 saturated heterocycles. The molecule has 7 heteroatoms. The second kappa shape index (κ2) is 4.93. The molecule has 1 heterocycles. The normalized spacial score (nSPS) is 17.7. The molecule has 1 aliphatic rings. The molecule has 0 bridgehead atoms. The highest BCUT2D eigenvalue weighted by Gasteiger charge is 2.28. The Balaban J connectivity index is 2.19. The average Bonchev–Trinajstić information content (AvgIpc) is 2.29. The molecule has 18 heavy (non-hydrogen) atoms. The van der Waals surface area contributed by atoms with Crippen LogP contribution in [-0.4, -0.2) is 17.9 Å². The number of hydrogen-bond donors (Lipinski definition) is 2. The van der Waals surface area contributed by atoms with Gasteiger partial charge in [0.1, 0.15) is 11.6 Å². The molecule has 1 atom stereocenters. The summed E-state index contributed by atoms with van der Waals surface area (Å²) in [6.07, 6.45) is -0.629. The summed E-state index contributed by atoms with van der Waals surface area (Å²) in [6.45, 7) is 0. The number of halogens is 2. The van der Waals surface area contributed by atoms with Crippen LogP contribution >= 0.6 is 15.9 Å². The van der Waals surface area contributed by atoms with Crippen LogP contribution in [0.15, 0.2) is 16.6 Å². The Hall–Kier alpha value is -1.63. The summed E-state index contributed by atoms with van der Waals surface area (Å²) in [5, 5.41) is 2.59. The molecule has 1 aliphatic heterocycles. The number of nitrogens with one attached hydrogen (secondary N) is 1. The Morgan fingerprint density at radius 1 is 1.56 bits per heavy atom. The minimum atomic E-state index is -0.828. The minimum Gasteiger partial charge on any atom is -0.478 e. The summed E-state index contributed by atoms with van der Waals surface area (Å²) in [4.78, 5) is 22.3. The average molecular weight is 317 g/mol. The molecule has 3 N–H and O–H groups in total. The highest BCUT2D eigenvalue weighted by atomic mass is 79.9. The lowest BCUT2D eigenvalue weighted by atomic mass is 10.1. The Morgan fingerprint density at radius 3 is 2.94 bits per heavy atom. The summed E-state index contributed by atoms with van der Waals surface area (Å²) in [5.74, 6) is -1.13. The zero-order valence-electron chi connectivity index (χ0n) is 9.20. The molecule has 5 nitrogen and oxygen atoms in total. The maximum absolute atomic E-state index is 13.3. The summed E-state index contributed by atoms with van der Waals surface area (Å²) in [6, 6.07) is 2.60. The summed E-state index contributed by atoms with van der Waals surface area (Å²) in [7, 11) is 0. The van der Waals surface area contributed by atoms with E-state index in [0.29, 0.717) is 5.69 Å². The number of hydrogen-bond acceptors (Lipinski definition) is 3. The summed E-state index contributed by atoms with van der Waals surface area (Å²) in [5.41, 5.74) is 5.39. The van der Waals surface area contributed by atoms with Gasteiger partial charge in [-0.3, -0.25) is 9.59 Å². The Morgan fingerprint density at radius 2 is 2.28 bits per heavy atom. The van der Waals surface area contributed by atoms with Gasteiger partial charge in [-0.25, -0.2) is 4.39 Å². The van der Waals surface area contributed by atoms with Gasteiger partial charge in [0.15, 0.2) is 6.10 Å². The van der Waals surface area contributed by atoms with E-state index in [2.05, 4.69) is 21.2 Å². The van der Waals surface area contributed by atoms with Crippen molar-refractivity contribution in [1.29, 1.82) is 0 Å². The van der Waals surface area contributed by atoms with Crippen LogP contribution in [0.1, 0.15) is 12.8 Å². The Labute approximate surface area is 111 Å². The number of rotatable bonds is 3. The van der Waals surface area contributed by atoms with Crippen molar-refractivity contribution in [2.24, 2.45) is 5.73 Å².